The Hall–Kier alpha value is -2.12. The first kappa shape index (κ1) is 18.7. The molecule has 136 valence electrons. The Labute approximate surface area is 162 Å². The molecule has 0 amide bonds. The van der Waals surface area contributed by atoms with Crippen molar-refractivity contribution in [1.82, 2.24) is 9.78 Å². The number of aromatic nitrogens is 2. The van der Waals surface area contributed by atoms with Gasteiger partial charge in [0.1, 0.15) is 0 Å². The third-order valence-electron chi connectivity index (χ3n) is 4.00. The van der Waals surface area contributed by atoms with Crippen LogP contribution in [-0.2, 0) is 16.6 Å². The fourth-order valence-corrected chi connectivity index (χ4v) is 3.82. The summed E-state index contributed by atoms with van der Waals surface area (Å²) in [5.41, 5.74) is 2.62. The van der Waals surface area contributed by atoms with E-state index < -0.39 is 10.0 Å². The summed E-state index contributed by atoms with van der Waals surface area (Å²) < 4.78 is 30.4. The van der Waals surface area contributed by atoms with Gasteiger partial charge in [0.2, 0.25) is 0 Å². The third kappa shape index (κ3) is 4.53. The van der Waals surface area contributed by atoms with E-state index in [4.69, 9.17) is 0 Å². The van der Waals surface area contributed by atoms with Gasteiger partial charge in [-0.2, -0.15) is 5.10 Å². The van der Waals surface area contributed by atoms with Crippen LogP contribution in [0.2, 0.25) is 0 Å². The Morgan fingerprint density at radius 3 is 2.35 bits per heavy atom. The maximum Gasteiger partial charge on any atom is 0.261 e. The fraction of sp³-hybridized carbons (Fsp3) is 0.211. The standard InChI is InChI=1S/C19H20BrN3O2S/c1-14(2)16-5-9-19(10-6-16)26(24,25)22-18-11-21-23(13-18)12-15-3-7-17(20)8-4-15/h3-11,13-14,22H,12H2,1-2H3. The van der Waals surface area contributed by atoms with E-state index >= 15 is 0 Å². The smallest absolute Gasteiger partial charge is 0.261 e. The molecular formula is C19H20BrN3O2S. The van der Waals surface area contributed by atoms with E-state index in [1.54, 1.807) is 23.0 Å². The number of hydrogen-bond donors (Lipinski definition) is 1. The van der Waals surface area contributed by atoms with Crippen LogP contribution in [0.15, 0.2) is 70.3 Å². The van der Waals surface area contributed by atoms with E-state index in [-0.39, 0.29) is 4.90 Å². The van der Waals surface area contributed by atoms with Crippen LogP contribution in [0.3, 0.4) is 0 Å². The summed E-state index contributed by atoms with van der Waals surface area (Å²) in [6, 6.07) is 14.9. The van der Waals surface area contributed by atoms with Crippen LogP contribution < -0.4 is 4.72 Å². The zero-order valence-corrected chi connectivity index (χ0v) is 17.0. The number of nitrogens with zero attached hydrogens (tertiary/aromatic N) is 2. The van der Waals surface area contributed by atoms with Crippen molar-refractivity contribution in [1.29, 1.82) is 0 Å². The molecule has 26 heavy (non-hydrogen) atoms. The highest BCUT2D eigenvalue weighted by atomic mass is 79.9. The predicted octanol–water partition coefficient (Wildman–Crippen LogP) is 4.62. The van der Waals surface area contributed by atoms with Crippen LogP contribution in [0, 0.1) is 0 Å². The number of benzene rings is 2. The molecule has 0 radical (unpaired) electrons. The molecule has 7 heteroatoms. The van der Waals surface area contributed by atoms with Crippen molar-refractivity contribution < 1.29 is 8.42 Å². The molecule has 0 saturated carbocycles. The molecule has 0 bridgehead atoms. The lowest BCUT2D eigenvalue weighted by molar-refractivity contribution is 0.601. The summed E-state index contributed by atoms with van der Waals surface area (Å²) >= 11 is 3.40. The van der Waals surface area contributed by atoms with Gasteiger partial charge in [0.05, 0.1) is 23.3 Å². The molecule has 0 unspecified atom stereocenters. The quantitative estimate of drug-likeness (QED) is 0.616. The second-order valence-corrected chi connectivity index (χ2v) is 8.98. The summed E-state index contributed by atoms with van der Waals surface area (Å²) in [5.74, 6) is 0.358. The van der Waals surface area contributed by atoms with Gasteiger partial charge in [0.15, 0.2) is 0 Å². The average molecular weight is 434 g/mol. The van der Waals surface area contributed by atoms with Gasteiger partial charge in [-0.1, -0.05) is 54.0 Å². The van der Waals surface area contributed by atoms with Gasteiger partial charge in [-0.25, -0.2) is 8.42 Å². The molecule has 1 N–H and O–H groups in total. The van der Waals surface area contributed by atoms with Gasteiger partial charge in [-0.15, -0.1) is 0 Å². The van der Waals surface area contributed by atoms with Gasteiger partial charge in [-0.3, -0.25) is 9.40 Å². The molecule has 1 heterocycles. The van der Waals surface area contributed by atoms with E-state index in [9.17, 15) is 8.42 Å². The Morgan fingerprint density at radius 2 is 1.73 bits per heavy atom. The molecule has 0 aliphatic carbocycles. The van der Waals surface area contributed by atoms with E-state index in [0.717, 1.165) is 15.6 Å². The van der Waals surface area contributed by atoms with E-state index in [1.165, 1.54) is 6.20 Å². The van der Waals surface area contributed by atoms with Gasteiger partial charge < -0.3 is 0 Å². The predicted molar refractivity (Wildman–Crippen MR) is 107 cm³/mol. The Morgan fingerprint density at radius 1 is 1.08 bits per heavy atom. The second-order valence-electron chi connectivity index (χ2n) is 6.38. The number of halogens is 1. The largest absolute Gasteiger partial charge is 0.276 e. The van der Waals surface area contributed by atoms with Crippen molar-refractivity contribution in [2.75, 3.05) is 4.72 Å². The fourth-order valence-electron chi connectivity index (χ4n) is 2.53. The van der Waals surface area contributed by atoms with Crippen molar-refractivity contribution in [3.8, 4) is 0 Å². The van der Waals surface area contributed by atoms with Crippen molar-refractivity contribution in [2.24, 2.45) is 0 Å². The SMILES string of the molecule is CC(C)c1ccc(S(=O)(=O)Nc2cnn(Cc3ccc(Br)cc3)c2)cc1. The second kappa shape index (κ2) is 7.63. The summed E-state index contributed by atoms with van der Waals surface area (Å²) in [5, 5.41) is 4.23. The Balaban J connectivity index is 1.72. The lowest BCUT2D eigenvalue weighted by Gasteiger charge is -2.08. The molecule has 0 atom stereocenters. The molecule has 0 spiro atoms. The summed E-state index contributed by atoms with van der Waals surface area (Å²) in [7, 11) is -3.63. The van der Waals surface area contributed by atoms with Crippen molar-refractivity contribution in [3.05, 3.63) is 76.5 Å². The third-order valence-corrected chi connectivity index (χ3v) is 5.93. The van der Waals surface area contributed by atoms with Crippen LogP contribution in [0.25, 0.3) is 0 Å². The molecule has 3 aromatic rings. The molecule has 5 nitrogen and oxygen atoms in total. The van der Waals surface area contributed by atoms with Crippen LogP contribution in [0.5, 0.6) is 0 Å². The van der Waals surface area contributed by atoms with Crippen LogP contribution >= 0.6 is 15.9 Å². The molecule has 0 aliphatic rings. The van der Waals surface area contributed by atoms with Crippen LogP contribution in [0.1, 0.15) is 30.9 Å². The number of sulfonamides is 1. The highest BCUT2D eigenvalue weighted by Crippen LogP contribution is 2.20. The van der Waals surface area contributed by atoms with Gasteiger partial charge in [0.25, 0.3) is 10.0 Å². The highest BCUT2D eigenvalue weighted by Gasteiger charge is 2.15. The normalized spacial score (nSPS) is 11.7. The average Bonchev–Trinajstić information content (AvgIpc) is 3.03. The first-order valence-electron chi connectivity index (χ1n) is 8.23. The lowest BCUT2D eigenvalue weighted by Crippen LogP contribution is -2.12. The van der Waals surface area contributed by atoms with Gasteiger partial charge in [0, 0.05) is 10.7 Å². The molecule has 0 saturated heterocycles. The lowest BCUT2D eigenvalue weighted by atomic mass is 10.0. The topological polar surface area (TPSA) is 64.0 Å². The Bertz CT molecular complexity index is 978. The first-order valence-corrected chi connectivity index (χ1v) is 10.5. The van der Waals surface area contributed by atoms with Crippen molar-refractivity contribution in [3.63, 3.8) is 0 Å². The maximum atomic E-state index is 12.5. The van der Waals surface area contributed by atoms with E-state index in [2.05, 4.69) is 39.6 Å². The van der Waals surface area contributed by atoms with Gasteiger partial charge >= 0.3 is 0 Å². The molecule has 0 aliphatic heterocycles. The van der Waals surface area contributed by atoms with Crippen LogP contribution in [-0.4, -0.2) is 18.2 Å². The number of rotatable bonds is 6. The molecule has 3 rings (SSSR count). The van der Waals surface area contributed by atoms with E-state index in [0.29, 0.717) is 18.2 Å². The summed E-state index contributed by atoms with van der Waals surface area (Å²) in [6.07, 6.45) is 3.20. The summed E-state index contributed by atoms with van der Waals surface area (Å²) in [4.78, 5) is 0.238. The highest BCUT2D eigenvalue weighted by molar-refractivity contribution is 9.10. The zero-order chi connectivity index (χ0) is 18.7. The van der Waals surface area contributed by atoms with Crippen LogP contribution in [0.4, 0.5) is 5.69 Å². The minimum Gasteiger partial charge on any atom is -0.276 e. The zero-order valence-electron chi connectivity index (χ0n) is 14.6. The van der Waals surface area contributed by atoms with Crippen molar-refractivity contribution in [2.45, 2.75) is 31.2 Å². The maximum absolute atomic E-state index is 12.5. The minimum atomic E-state index is -3.63. The molecule has 2 aromatic carbocycles. The number of anilines is 1. The van der Waals surface area contributed by atoms with Gasteiger partial charge in [-0.05, 0) is 41.3 Å². The Kier molecular flexibility index (Phi) is 5.48. The molecular weight excluding hydrogens is 414 g/mol. The van der Waals surface area contributed by atoms with Crippen molar-refractivity contribution >= 4 is 31.6 Å². The van der Waals surface area contributed by atoms with E-state index in [1.807, 2.05) is 36.4 Å². The first-order chi connectivity index (χ1) is 12.3. The molecule has 0 fully saturated rings. The number of hydrogen-bond acceptors (Lipinski definition) is 3. The minimum absolute atomic E-state index is 0.238. The number of nitrogens with one attached hydrogen (secondary N) is 1. The summed E-state index contributed by atoms with van der Waals surface area (Å²) in [6.45, 7) is 4.71. The molecule has 1 aromatic heterocycles. The monoisotopic (exact) mass is 433 g/mol.